The van der Waals surface area contributed by atoms with E-state index in [9.17, 15) is 4.79 Å². The minimum atomic E-state index is -0.0529. The van der Waals surface area contributed by atoms with Gasteiger partial charge in [0.1, 0.15) is 0 Å². The van der Waals surface area contributed by atoms with Gasteiger partial charge >= 0.3 is 0 Å². The van der Waals surface area contributed by atoms with E-state index < -0.39 is 0 Å². The van der Waals surface area contributed by atoms with Crippen LogP contribution >= 0.6 is 34.4 Å². The zero-order valence-corrected chi connectivity index (χ0v) is 21.5. The molecule has 0 fully saturated rings. The highest BCUT2D eigenvalue weighted by atomic mass is 32.2. The predicted molar refractivity (Wildman–Crippen MR) is 137 cm³/mol. The lowest BCUT2D eigenvalue weighted by Crippen LogP contribution is -2.26. The minimum absolute atomic E-state index is 0.0529. The second-order valence-electron chi connectivity index (χ2n) is 9.50. The molecule has 172 valence electrons. The van der Waals surface area contributed by atoms with Gasteiger partial charge in [-0.1, -0.05) is 38.6 Å². The van der Waals surface area contributed by atoms with Crippen molar-refractivity contribution >= 4 is 39.4 Å². The average molecular weight is 498 g/mol. The van der Waals surface area contributed by atoms with Crippen LogP contribution in [0.3, 0.4) is 0 Å². The zero-order chi connectivity index (χ0) is 23.2. The molecule has 4 aromatic heterocycles. The lowest BCUT2D eigenvalue weighted by atomic mass is 9.72. The number of thiazole rings is 1. The Morgan fingerprint density at radius 3 is 2.94 bits per heavy atom. The van der Waals surface area contributed by atoms with Crippen LogP contribution in [0.5, 0.6) is 0 Å². The van der Waals surface area contributed by atoms with Crippen LogP contribution in [0.15, 0.2) is 46.3 Å². The van der Waals surface area contributed by atoms with Gasteiger partial charge in [-0.05, 0) is 42.2 Å². The van der Waals surface area contributed by atoms with E-state index in [0.29, 0.717) is 28.6 Å². The second kappa shape index (κ2) is 8.85. The fourth-order valence-electron chi connectivity index (χ4n) is 4.34. The summed E-state index contributed by atoms with van der Waals surface area (Å²) in [5.41, 5.74) is 2.50. The van der Waals surface area contributed by atoms with Crippen molar-refractivity contribution < 1.29 is 0 Å². The number of hydrogen-bond acceptors (Lipinski definition) is 7. The van der Waals surface area contributed by atoms with Crippen molar-refractivity contribution in [2.75, 3.05) is 0 Å². The summed E-state index contributed by atoms with van der Waals surface area (Å²) in [5.74, 6) is 2.17. The Bertz CT molecular complexity index is 1370. The van der Waals surface area contributed by atoms with Crippen LogP contribution in [-0.2, 0) is 25.1 Å². The summed E-state index contributed by atoms with van der Waals surface area (Å²) in [6, 6.07) is 3.92. The van der Waals surface area contributed by atoms with Crippen LogP contribution in [-0.4, -0.2) is 24.1 Å². The quantitative estimate of drug-likeness (QED) is 0.252. The Balaban J connectivity index is 1.40. The molecule has 5 rings (SSSR count). The van der Waals surface area contributed by atoms with Gasteiger partial charge in [0.25, 0.3) is 5.56 Å². The van der Waals surface area contributed by atoms with Crippen LogP contribution in [0.4, 0.5) is 0 Å². The number of allylic oxidation sites excluding steroid dienone is 1. The van der Waals surface area contributed by atoms with E-state index in [2.05, 4.69) is 53.2 Å². The molecule has 0 saturated heterocycles. The number of rotatable bonds is 6. The summed E-state index contributed by atoms with van der Waals surface area (Å²) < 4.78 is 3.69. The Morgan fingerprint density at radius 1 is 1.30 bits per heavy atom. The van der Waals surface area contributed by atoms with Gasteiger partial charge in [-0.2, -0.15) is 0 Å². The van der Waals surface area contributed by atoms with E-state index in [-0.39, 0.29) is 5.56 Å². The number of thiophene rings is 1. The standard InChI is InChI=1S/C24H27N5OS3/c1-5-8-29-21(19-12-15-11-16(24(2,3)4)6-7-18(15)33-19)26-27-23(29)32-14-17-13-20(30)28-9-10-31-22(28)25-17/h5,9-10,12-13,16H,1,6-8,11,14H2,2-4H3. The number of thioether (sulfide) groups is 1. The molecule has 0 amide bonds. The minimum Gasteiger partial charge on any atom is -0.297 e. The maximum absolute atomic E-state index is 12.3. The zero-order valence-electron chi connectivity index (χ0n) is 19.1. The van der Waals surface area contributed by atoms with Crippen molar-refractivity contribution in [3.05, 3.63) is 62.9 Å². The fraction of sp³-hybridized carbons (Fsp3) is 0.417. The highest BCUT2D eigenvalue weighted by Gasteiger charge is 2.30. The van der Waals surface area contributed by atoms with Crippen molar-refractivity contribution in [3.8, 4) is 10.7 Å². The molecule has 1 atom stereocenters. The van der Waals surface area contributed by atoms with E-state index in [4.69, 9.17) is 0 Å². The normalized spacial score (nSPS) is 16.3. The predicted octanol–water partition coefficient (Wildman–Crippen LogP) is 5.71. The monoisotopic (exact) mass is 497 g/mol. The Kier molecular flexibility index (Phi) is 6.05. The van der Waals surface area contributed by atoms with Crippen LogP contribution in [0.2, 0.25) is 0 Å². The van der Waals surface area contributed by atoms with Crippen LogP contribution < -0.4 is 5.56 Å². The summed E-state index contributed by atoms with van der Waals surface area (Å²) in [6.45, 7) is 11.6. The molecule has 6 nitrogen and oxygen atoms in total. The van der Waals surface area contributed by atoms with Crippen LogP contribution in [0, 0.1) is 11.3 Å². The average Bonchev–Trinajstić information content (AvgIpc) is 3.49. The summed E-state index contributed by atoms with van der Waals surface area (Å²) in [4.78, 5) is 20.3. The van der Waals surface area contributed by atoms with Gasteiger partial charge in [0.15, 0.2) is 15.9 Å². The molecule has 0 bridgehead atoms. The third kappa shape index (κ3) is 4.46. The molecule has 0 saturated carbocycles. The molecule has 1 aliphatic rings. The Labute approximate surface area is 205 Å². The number of fused-ring (bicyclic) bond motifs is 2. The van der Waals surface area contributed by atoms with Crippen molar-refractivity contribution in [1.29, 1.82) is 0 Å². The van der Waals surface area contributed by atoms with Crippen LogP contribution in [0.25, 0.3) is 15.7 Å². The van der Waals surface area contributed by atoms with Gasteiger partial charge in [-0.3, -0.25) is 13.8 Å². The molecule has 0 N–H and O–H groups in total. The van der Waals surface area contributed by atoms with E-state index in [1.807, 2.05) is 22.8 Å². The van der Waals surface area contributed by atoms with E-state index in [0.717, 1.165) is 29.5 Å². The first-order valence-corrected chi connectivity index (χ1v) is 13.8. The molecular formula is C24H27N5OS3. The van der Waals surface area contributed by atoms with Gasteiger partial charge in [0.2, 0.25) is 0 Å². The molecule has 0 aliphatic heterocycles. The largest absolute Gasteiger partial charge is 0.297 e. The summed E-state index contributed by atoms with van der Waals surface area (Å²) >= 11 is 4.87. The van der Waals surface area contributed by atoms with E-state index >= 15 is 0 Å². The van der Waals surface area contributed by atoms with E-state index in [1.54, 1.807) is 28.4 Å². The lowest BCUT2D eigenvalue weighted by Gasteiger charge is -2.33. The third-order valence-corrected chi connectivity index (χ3v) is 9.25. The first-order valence-electron chi connectivity index (χ1n) is 11.1. The highest BCUT2D eigenvalue weighted by molar-refractivity contribution is 7.98. The van der Waals surface area contributed by atoms with Gasteiger partial charge < -0.3 is 0 Å². The number of aromatic nitrogens is 5. The van der Waals surface area contributed by atoms with Crippen molar-refractivity contribution in [2.24, 2.45) is 11.3 Å². The van der Waals surface area contributed by atoms with Gasteiger partial charge in [-0.25, -0.2) is 4.98 Å². The molecule has 0 aromatic carbocycles. The van der Waals surface area contributed by atoms with Crippen LogP contribution in [0.1, 0.15) is 43.3 Å². The summed E-state index contributed by atoms with van der Waals surface area (Å²) in [5, 5.41) is 11.7. The fourth-order valence-corrected chi connectivity index (χ4v) is 7.13. The van der Waals surface area contributed by atoms with Crippen molar-refractivity contribution in [1.82, 2.24) is 24.1 Å². The summed E-state index contributed by atoms with van der Waals surface area (Å²) in [7, 11) is 0. The van der Waals surface area contributed by atoms with Gasteiger partial charge in [0, 0.05) is 34.8 Å². The molecule has 1 unspecified atom stereocenters. The molecule has 1 aliphatic carbocycles. The number of hydrogen-bond donors (Lipinski definition) is 0. The van der Waals surface area contributed by atoms with E-state index in [1.165, 1.54) is 33.1 Å². The van der Waals surface area contributed by atoms with Crippen molar-refractivity contribution in [2.45, 2.75) is 57.5 Å². The molecule has 0 spiro atoms. The highest BCUT2D eigenvalue weighted by Crippen LogP contribution is 2.42. The molecule has 33 heavy (non-hydrogen) atoms. The Hall–Kier alpha value is -2.23. The summed E-state index contributed by atoms with van der Waals surface area (Å²) in [6.07, 6.45) is 7.16. The van der Waals surface area contributed by atoms with Gasteiger partial charge in [-0.15, -0.1) is 39.4 Å². The Morgan fingerprint density at radius 2 is 2.15 bits per heavy atom. The van der Waals surface area contributed by atoms with Gasteiger partial charge in [0.05, 0.1) is 10.6 Å². The molecular weight excluding hydrogens is 470 g/mol. The number of nitrogens with zero attached hydrogens (tertiary/aromatic N) is 5. The first kappa shape index (κ1) is 22.6. The second-order valence-corrected chi connectivity index (χ2v) is 12.5. The SMILES string of the molecule is C=CCn1c(SCc2cc(=O)n3ccsc3n2)nnc1-c1cc2c(s1)CCC(C(C)(C)C)C2. The number of aryl methyl sites for hydroxylation is 1. The maximum Gasteiger partial charge on any atom is 0.258 e. The smallest absolute Gasteiger partial charge is 0.258 e. The maximum atomic E-state index is 12.3. The third-order valence-electron chi connectivity index (χ3n) is 6.26. The topological polar surface area (TPSA) is 65.1 Å². The molecule has 9 heteroatoms. The van der Waals surface area contributed by atoms with Crippen molar-refractivity contribution in [3.63, 3.8) is 0 Å². The molecule has 4 aromatic rings. The lowest BCUT2D eigenvalue weighted by molar-refractivity contribution is 0.217. The molecule has 0 radical (unpaired) electrons. The molecule has 4 heterocycles. The first-order chi connectivity index (χ1) is 15.8.